The van der Waals surface area contributed by atoms with Gasteiger partial charge in [-0.3, -0.25) is 4.79 Å². The third-order valence-corrected chi connectivity index (χ3v) is 2.84. The van der Waals surface area contributed by atoms with E-state index in [2.05, 4.69) is 0 Å². The summed E-state index contributed by atoms with van der Waals surface area (Å²) in [5.74, 6) is -0.0193. The molecule has 0 bridgehead atoms. The van der Waals surface area contributed by atoms with Crippen LogP contribution in [0.2, 0.25) is 5.02 Å². The van der Waals surface area contributed by atoms with Crippen LogP contribution in [0.4, 0.5) is 0 Å². The van der Waals surface area contributed by atoms with Crippen molar-refractivity contribution >= 4 is 29.0 Å². The average molecular weight is 231 g/mol. The third-order valence-electron chi connectivity index (χ3n) is 2.18. The van der Waals surface area contributed by atoms with E-state index in [1.807, 2.05) is 12.1 Å². The van der Waals surface area contributed by atoms with Crippen LogP contribution in [0.3, 0.4) is 0 Å². The van der Waals surface area contributed by atoms with Gasteiger partial charge in [-0.2, -0.15) is 0 Å². The number of hydrogen-bond acceptors (Lipinski definition) is 1. The number of halogens is 2. The average Bonchev–Trinajstić information content (AvgIpc) is 2.08. The predicted molar refractivity (Wildman–Crippen MR) is 60.1 cm³/mol. The zero-order valence-corrected chi connectivity index (χ0v) is 9.69. The molecule has 0 amide bonds. The Morgan fingerprint density at radius 1 is 1.36 bits per heavy atom. The molecular formula is C11H12Cl2O. The van der Waals surface area contributed by atoms with E-state index < -0.39 is 4.87 Å². The van der Waals surface area contributed by atoms with Crippen molar-refractivity contribution in [1.82, 2.24) is 0 Å². The van der Waals surface area contributed by atoms with Crippen LogP contribution < -0.4 is 0 Å². The molecule has 76 valence electrons. The first-order valence-electron chi connectivity index (χ1n) is 4.36. The highest BCUT2D eigenvalue weighted by atomic mass is 35.5. The highest BCUT2D eigenvalue weighted by Gasteiger charge is 2.26. The van der Waals surface area contributed by atoms with Gasteiger partial charge in [-0.15, -0.1) is 11.6 Å². The molecule has 0 aromatic heterocycles. The van der Waals surface area contributed by atoms with Crippen molar-refractivity contribution in [3.63, 3.8) is 0 Å². The van der Waals surface area contributed by atoms with Crippen LogP contribution >= 0.6 is 23.2 Å². The first-order chi connectivity index (χ1) is 6.42. The lowest BCUT2D eigenvalue weighted by Gasteiger charge is -2.18. The van der Waals surface area contributed by atoms with Gasteiger partial charge in [0.2, 0.25) is 0 Å². The van der Waals surface area contributed by atoms with E-state index in [4.69, 9.17) is 23.2 Å². The van der Waals surface area contributed by atoms with Crippen molar-refractivity contribution in [2.24, 2.45) is 0 Å². The summed E-state index contributed by atoms with van der Waals surface area (Å²) in [6, 6.07) is 7.35. The lowest BCUT2D eigenvalue weighted by atomic mass is 9.97. The van der Waals surface area contributed by atoms with Gasteiger partial charge in [-0.1, -0.05) is 23.7 Å². The second kappa shape index (κ2) is 4.33. The van der Waals surface area contributed by atoms with E-state index in [1.165, 1.54) is 6.92 Å². The molecule has 0 aliphatic rings. The molecule has 1 aromatic carbocycles. The van der Waals surface area contributed by atoms with E-state index in [1.54, 1.807) is 19.1 Å². The van der Waals surface area contributed by atoms with E-state index in [-0.39, 0.29) is 5.78 Å². The number of carbonyl (C=O) groups excluding carboxylic acids is 1. The van der Waals surface area contributed by atoms with Gasteiger partial charge in [0.1, 0.15) is 4.87 Å². The topological polar surface area (TPSA) is 17.1 Å². The summed E-state index contributed by atoms with van der Waals surface area (Å²) in [4.78, 5) is 10.4. The van der Waals surface area contributed by atoms with Crippen LogP contribution in [0, 0.1) is 0 Å². The van der Waals surface area contributed by atoms with Crippen LogP contribution in [0.15, 0.2) is 24.3 Å². The van der Waals surface area contributed by atoms with Crippen molar-refractivity contribution in [2.75, 3.05) is 0 Å². The number of benzene rings is 1. The molecule has 0 spiro atoms. The van der Waals surface area contributed by atoms with Crippen molar-refractivity contribution in [2.45, 2.75) is 25.1 Å². The molecule has 3 heteroatoms. The molecule has 0 radical (unpaired) electrons. The quantitative estimate of drug-likeness (QED) is 0.728. The fraction of sp³-hybridized carbons (Fsp3) is 0.364. The molecule has 1 rings (SSSR count). The Morgan fingerprint density at radius 3 is 2.29 bits per heavy atom. The minimum atomic E-state index is -0.812. The maximum Gasteiger partial charge on any atom is 0.150 e. The lowest BCUT2D eigenvalue weighted by molar-refractivity contribution is -0.119. The normalized spacial score (nSPS) is 14.9. The molecule has 1 atom stereocenters. The highest BCUT2D eigenvalue weighted by molar-refractivity contribution is 6.34. The minimum Gasteiger partial charge on any atom is -0.298 e. The maximum atomic E-state index is 11.2. The first-order valence-corrected chi connectivity index (χ1v) is 5.12. The van der Waals surface area contributed by atoms with Crippen molar-refractivity contribution in [3.05, 3.63) is 34.9 Å². The Kier molecular flexibility index (Phi) is 3.57. The SMILES string of the molecule is CC(=O)C(C)(Cl)Cc1ccc(Cl)cc1. The Labute approximate surface area is 94.0 Å². The summed E-state index contributed by atoms with van der Waals surface area (Å²) >= 11 is 11.8. The molecule has 1 nitrogen and oxygen atoms in total. The van der Waals surface area contributed by atoms with Gasteiger partial charge in [0, 0.05) is 5.02 Å². The number of carbonyl (C=O) groups is 1. The molecule has 0 aliphatic heterocycles. The second-order valence-electron chi connectivity index (χ2n) is 3.56. The van der Waals surface area contributed by atoms with E-state index in [9.17, 15) is 4.79 Å². The zero-order chi connectivity index (χ0) is 10.8. The Bertz CT molecular complexity index is 328. The minimum absolute atomic E-state index is 0.0193. The fourth-order valence-corrected chi connectivity index (χ4v) is 1.39. The summed E-state index contributed by atoms with van der Waals surface area (Å²) in [6.07, 6.45) is 0.529. The maximum absolute atomic E-state index is 11.2. The van der Waals surface area contributed by atoms with Crippen LogP contribution in [0.25, 0.3) is 0 Å². The Morgan fingerprint density at radius 2 is 1.86 bits per heavy atom. The van der Waals surface area contributed by atoms with Gasteiger partial charge >= 0.3 is 0 Å². The summed E-state index contributed by atoms with van der Waals surface area (Å²) in [6.45, 7) is 3.23. The van der Waals surface area contributed by atoms with Gasteiger partial charge in [0.05, 0.1) is 0 Å². The standard InChI is InChI=1S/C11H12Cl2O/c1-8(14)11(2,13)7-9-3-5-10(12)6-4-9/h3-6H,7H2,1-2H3. The molecule has 1 unspecified atom stereocenters. The van der Waals surface area contributed by atoms with E-state index >= 15 is 0 Å². The Balaban J connectivity index is 2.79. The van der Waals surface area contributed by atoms with Gasteiger partial charge in [-0.25, -0.2) is 0 Å². The first kappa shape index (κ1) is 11.5. The van der Waals surface area contributed by atoms with Crippen molar-refractivity contribution < 1.29 is 4.79 Å². The van der Waals surface area contributed by atoms with Gasteiger partial charge in [-0.05, 0) is 38.0 Å². The molecule has 0 aliphatic carbocycles. The number of ketones is 1. The van der Waals surface area contributed by atoms with Gasteiger partial charge in [0.25, 0.3) is 0 Å². The summed E-state index contributed by atoms with van der Waals surface area (Å²) in [5, 5.41) is 0.688. The molecule has 0 heterocycles. The fourth-order valence-electron chi connectivity index (χ4n) is 1.11. The molecule has 1 aromatic rings. The number of hydrogen-bond donors (Lipinski definition) is 0. The number of Topliss-reactive ketones (excluding diaryl/α,β-unsaturated/α-hetero) is 1. The highest BCUT2D eigenvalue weighted by Crippen LogP contribution is 2.22. The third kappa shape index (κ3) is 3.00. The number of rotatable bonds is 3. The van der Waals surface area contributed by atoms with Crippen molar-refractivity contribution in [1.29, 1.82) is 0 Å². The molecule has 0 N–H and O–H groups in total. The molecule has 14 heavy (non-hydrogen) atoms. The van der Waals surface area contributed by atoms with Crippen LogP contribution in [0.1, 0.15) is 19.4 Å². The van der Waals surface area contributed by atoms with E-state index in [0.29, 0.717) is 11.4 Å². The van der Waals surface area contributed by atoms with Gasteiger partial charge in [0.15, 0.2) is 5.78 Å². The molecule has 0 fully saturated rings. The summed E-state index contributed by atoms with van der Waals surface area (Å²) in [5.41, 5.74) is 1.02. The largest absolute Gasteiger partial charge is 0.298 e. The monoisotopic (exact) mass is 230 g/mol. The lowest BCUT2D eigenvalue weighted by Crippen LogP contribution is -2.28. The molecular weight excluding hydrogens is 219 g/mol. The molecule has 0 saturated carbocycles. The number of alkyl halides is 1. The van der Waals surface area contributed by atoms with Crippen molar-refractivity contribution in [3.8, 4) is 0 Å². The smallest absolute Gasteiger partial charge is 0.150 e. The van der Waals surface area contributed by atoms with Crippen LogP contribution in [-0.2, 0) is 11.2 Å². The molecule has 0 saturated heterocycles. The van der Waals surface area contributed by atoms with E-state index in [0.717, 1.165) is 5.56 Å². The van der Waals surface area contributed by atoms with Crippen LogP contribution in [0.5, 0.6) is 0 Å². The van der Waals surface area contributed by atoms with Gasteiger partial charge < -0.3 is 0 Å². The zero-order valence-electron chi connectivity index (χ0n) is 8.18. The van der Waals surface area contributed by atoms with Crippen LogP contribution in [-0.4, -0.2) is 10.7 Å². The Hall–Kier alpha value is -0.530. The summed E-state index contributed by atoms with van der Waals surface area (Å²) in [7, 11) is 0. The second-order valence-corrected chi connectivity index (χ2v) is 4.83. The predicted octanol–water partition coefficient (Wildman–Crippen LogP) is 3.47. The summed E-state index contributed by atoms with van der Waals surface area (Å²) < 4.78 is 0.